The van der Waals surface area contributed by atoms with Gasteiger partial charge in [-0.15, -0.1) is 0 Å². The molecule has 1 aliphatic heterocycles. The van der Waals surface area contributed by atoms with Crippen LogP contribution in [0.15, 0.2) is 0 Å². The van der Waals surface area contributed by atoms with Crippen LogP contribution in [0.2, 0.25) is 0 Å². The number of hydrogen-bond donors (Lipinski definition) is 2. The smallest absolute Gasteiger partial charge is 0.309 e. The molecule has 100 valence electrons. The molecule has 1 heterocycles. The molecule has 0 saturated carbocycles. The first kappa shape index (κ1) is 14.5. The number of piperidine rings is 1. The summed E-state index contributed by atoms with van der Waals surface area (Å²) in [6.07, 6.45) is 3.65. The minimum Gasteiger partial charge on any atom is -0.481 e. The van der Waals surface area contributed by atoms with Crippen LogP contribution >= 0.6 is 0 Å². The standard InChI is InChI=1S/C13H25NO3/c1-3-5-11(12(15)16)13(17)6-9-14(8-4-2)10-7-13/h11,17H,3-10H2,1-2H3,(H,15,16). The van der Waals surface area contributed by atoms with E-state index in [1.54, 1.807) is 0 Å². The number of nitrogens with zero attached hydrogens (tertiary/aromatic N) is 1. The maximum atomic E-state index is 11.2. The lowest BCUT2D eigenvalue weighted by atomic mass is 9.77. The van der Waals surface area contributed by atoms with Gasteiger partial charge in [-0.3, -0.25) is 4.79 Å². The van der Waals surface area contributed by atoms with E-state index in [1.807, 2.05) is 6.92 Å². The Kier molecular flexibility index (Phi) is 5.40. The molecule has 1 aliphatic rings. The summed E-state index contributed by atoms with van der Waals surface area (Å²) in [4.78, 5) is 13.5. The molecule has 0 spiro atoms. The van der Waals surface area contributed by atoms with Crippen molar-refractivity contribution >= 4 is 5.97 Å². The Balaban J connectivity index is 2.60. The van der Waals surface area contributed by atoms with Gasteiger partial charge in [0.05, 0.1) is 11.5 Å². The average molecular weight is 243 g/mol. The van der Waals surface area contributed by atoms with Gasteiger partial charge in [-0.05, 0) is 32.2 Å². The van der Waals surface area contributed by atoms with Crippen molar-refractivity contribution in [2.45, 2.75) is 51.6 Å². The van der Waals surface area contributed by atoms with E-state index in [4.69, 9.17) is 0 Å². The molecule has 2 N–H and O–H groups in total. The molecule has 17 heavy (non-hydrogen) atoms. The highest BCUT2D eigenvalue weighted by Gasteiger charge is 2.42. The maximum absolute atomic E-state index is 11.2. The highest BCUT2D eigenvalue weighted by Crippen LogP contribution is 2.33. The first-order chi connectivity index (χ1) is 8.03. The van der Waals surface area contributed by atoms with Crippen LogP contribution in [0.3, 0.4) is 0 Å². The summed E-state index contributed by atoms with van der Waals surface area (Å²) in [7, 11) is 0. The molecule has 0 aromatic heterocycles. The summed E-state index contributed by atoms with van der Waals surface area (Å²) in [5, 5.41) is 19.7. The number of carboxylic acids is 1. The van der Waals surface area contributed by atoms with Gasteiger partial charge in [-0.1, -0.05) is 20.3 Å². The topological polar surface area (TPSA) is 60.8 Å². The van der Waals surface area contributed by atoms with E-state index < -0.39 is 17.5 Å². The summed E-state index contributed by atoms with van der Waals surface area (Å²) in [6, 6.07) is 0. The fraction of sp³-hybridized carbons (Fsp3) is 0.923. The lowest BCUT2D eigenvalue weighted by Crippen LogP contribution is -2.51. The van der Waals surface area contributed by atoms with Crippen LogP contribution in [0.4, 0.5) is 0 Å². The third kappa shape index (κ3) is 3.68. The lowest BCUT2D eigenvalue weighted by molar-refractivity contribution is -0.157. The zero-order valence-electron chi connectivity index (χ0n) is 11.0. The Morgan fingerprint density at radius 1 is 1.29 bits per heavy atom. The van der Waals surface area contributed by atoms with Gasteiger partial charge in [-0.2, -0.15) is 0 Å². The lowest BCUT2D eigenvalue weighted by Gasteiger charge is -2.41. The second kappa shape index (κ2) is 6.36. The largest absolute Gasteiger partial charge is 0.481 e. The Labute approximate surface area is 104 Å². The number of carbonyl (C=O) groups is 1. The highest BCUT2D eigenvalue weighted by atomic mass is 16.4. The Hall–Kier alpha value is -0.610. The van der Waals surface area contributed by atoms with Crippen molar-refractivity contribution in [2.24, 2.45) is 5.92 Å². The van der Waals surface area contributed by atoms with Gasteiger partial charge in [0, 0.05) is 13.1 Å². The van der Waals surface area contributed by atoms with E-state index in [1.165, 1.54) is 0 Å². The number of hydrogen-bond acceptors (Lipinski definition) is 3. The number of aliphatic hydroxyl groups is 1. The summed E-state index contributed by atoms with van der Waals surface area (Å²) >= 11 is 0. The van der Waals surface area contributed by atoms with Gasteiger partial charge in [0.15, 0.2) is 0 Å². The van der Waals surface area contributed by atoms with Gasteiger partial charge in [-0.25, -0.2) is 0 Å². The summed E-state index contributed by atoms with van der Waals surface area (Å²) in [5.41, 5.74) is -0.994. The molecule has 0 aromatic carbocycles. The zero-order valence-corrected chi connectivity index (χ0v) is 11.0. The van der Waals surface area contributed by atoms with E-state index in [0.717, 1.165) is 32.5 Å². The molecule has 1 saturated heterocycles. The Bertz CT molecular complexity index is 247. The minimum absolute atomic E-state index is 0.569. The maximum Gasteiger partial charge on any atom is 0.309 e. The van der Waals surface area contributed by atoms with Crippen molar-refractivity contribution in [3.05, 3.63) is 0 Å². The summed E-state index contributed by atoms with van der Waals surface area (Å²) < 4.78 is 0. The predicted octanol–water partition coefficient (Wildman–Crippen LogP) is 1.72. The molecule has 1 rings (SSSR count). The normalized spacial score (nSPS) is 22.3. The number of likely N-dealkylation sites (tertiary alicyclic amines) is 1. The molecule has 4 nitrogen and oxygen atoms in total. The van der Waals surface area contributed by atoms with Crippen molar-refractivity contribution in [1.82, 2.24) is 4.90 Å². The monoisotopic (exact) mass is 243 g/mol. The van der Waals surface area contributed by atoms with Crippen LogP contribution in [0.5, 0.6) is 0 Å². The minimum atomic E-state index is -0.994. The summed E-state index contributed by atoms with van der Waals surface area (Å²) in [6.45, 7) is 6.78. The molecule has 1 fully saturated rings. The summed E-state index contributed by atoms with van der Waals surface area (Å²) in [5.74, 6) is -1.45. The number of carboxylic acid groups (broad SMARTS) is 1. The van der Waals surface area contributed by atoms with Gasteiger partial charge in [0.1, 0.15) is 0 Å². The quantitative estimate of drug-likeness (QED) is 0.746. The van der Waals surface area contributed by atoms with E-state index in [2.05, 4.69) is 11.8 Å². The first-order valence-corrected chi connectivity index (χ1v) is 6.71. The molecule has 0 radical (unpaired) electrons. The molecule has 1 atom stereocenters. The first-order valence-electron chi connectivity index (χ1n) is 6.71. The van der Waals surface area contributed by atoms with Crippen LogP contribution in [0.25, 0.3) is 0 Å². The van der Waals surface area contributed by atoms with Crippen molar-refractivity contribution in [2.75, 3.05) is 19.6 Å². The van der Waals surface area contributed by atoms with Crippen molar-refractivity contribution in [1.29, 1.82) is 0 Å². The molecule has 1 unspecified atom stereocenters. The molecule has 0 bridgehead atoms. The van der Waals surface area contributed by atoms with Crippen molar-refractivity contribution < 1.29 is 15.0 Å². The Morgan fingerprint density at radius 2 is 1.88 bits per heavy atom. The second-order valence-electron chi connectivity index (χ2n) is 5.12. The third-order valence-electron chi connectivity index (χ3n) is 3.79. The molecule has 4 heteroatoms. The van der Waals surface area contributed by atoms with Crippen molar-refractivity contribution in [3.63, 3.8) is 0 Å². The van der Waals surface area contributed by atoms with Gasteiger partial charge in [0.2, 0.25) is 0 Å². The van der Waals surface area contributed by atoms with E-state index >= 15 is 0 Å². The fourth-order valence-corrected chi connectivity index (χ4v) is 2.74. The van der Waals surface area contributed by atoms with E-state index in [-0.39, 0.29) is 0 Å². The van der Waals surface area contributed by atoms with Gasteiger partial charge >= 0.3 is 5.97 Å². The van der Waals surface area contributed by atoms with Gasteiger partial charge < -0.3 is 15.1 Å². The number of aliphatic carboxylic acids is 1. The molecular weight excluding hydrogens is 218 g/mol. The van der Waals surface area contributed by atoms with Crippen LogP contribution in [-0.4, -0.2) is 46.3 Å². The van der Waals surface area contributed by atoms with Crippen LogP contribution < -0.4 is 0 Å². The molecule has 0 aliphatic carbocycles. The van der Waals surface area contributed by atoms with Crippen LogP contribution in [0, 0.1) is 5.92 Å². The predicted molar refractivity (Wildman–Crippen MR) is 66.9 cm³/mol. The van der Waals surface area contributed by atoms with E-state index in [0.29, 0.717) is 19.3 Å². The zero-order chi connectivity index (χ0) is 12.9. The van der Waals surface area contributed by atoms with Gasteiger partial charge in [0.25, 0.3) is 0 Å². The third-order valence-corrected chi connectivity index (χ3v) is 3.79. The molecular formula is C13H25NO3. The molecule has 0 amide bonds. The number of rotatable bonds is 6. The Morgan fingerprint density at radius 3 is 2.29 bits per heavy atom. The highest BCUT2D eigenvalue weighted by molar-refractivity contribution is 5.71. The SMILES string of the molecule is CCCC(C(=O)O)C1(O)CCN(CCC)CC1. The van der Waals surface area contributed by atoms with Crippen LogP contribution in [-0.2, 0) is 4.79 Å². The average Bonchev–Trinajstić information content (AvgIpc) is 2.29. The second-order valence-corrected chi connectivity index (χ2v) is 5.12. The fourth-order valence-electron chi connectivity index (χ4n) is 2.74. The van der Waals surface area contributed by atoms with Crippen LogP contribution in [0.1, 0.15) is 46.0 Å². The van der Waals surface area contributed by atoms with E-state index in [9.17, 15) is 15.0 Å². The molecule has 0 aromatic rings. The van der Waals surface area contributed by atoms with Crippen molar-refractivity contribution in [3.8, 4) is 0 Å².